The topological polar surface area (TPSA) is 86.6 Å². The molecule has 0 fully saturated rings. The summed E-state index contributed by atoms with van der Waals surface area (Å²) in [6.45, 7) is -0.675. The van der Waals surface area contributed by atoms with Gasteiger partial charge in [0.15, 0.2) is 6.04 Å². The number of nitrogens with one attached hydrogen (secondary N) is 1. The fourth-order valence-corrected chi connectivity index (χ4v) is 1.29. The van der Waals surface area contributed by atoms with E-state index in [4.69, 9.17) is 21.8 Å². The predicted octanol–water partition coefficient (Wildman–Crippen LogP) is 0.515. The number of carbonyl (C=O) groups excluding carboxylic acids is 1. The Bertz CT molecular complexity index is 408. The number of halogens is 1. The summed E-state index contributed by atoms with van der Waals surface area (Å²) in [6.07, 6.45) is 0. The van der Waals surface area contributed by atoms with Gasteiger partial charge in [-0.1, -0.05) is 23.7 Å². The number of amides is 1. The molecular formula is C10H10ClNO4. The van der Waals surface area contributed by atoms with Crippen molar-refractivity contribution in [2.24, 2.45) is 0 Å². The van der Waals surface area contributed by atoms with Crippen molar-refractivity contribution in [1.29, 1.82) is 0 Å². The fraction of sp³-hybridized carbons (Fsp3) is 0.200. The Morgan fingerprint density at radius 2 is 2.00 bits per heavy atom. The van der Waals surface area contributed by atoms with E-state index in [1.807, 2.05) is 0 Å². The molecule has 0 saturated heterocycles. The van der Waals surface area contributed by atoms with E-state index in [-0.39, 0.29) is 10.6 Å². The maximum absolute atomic E-state index is 11.6. The van der Waals surface area contributed by atoms with E-state index in [0.717, 1.165) is 0 Å². The van der Waals surface area contributed by atoms with E-state index in [1.54, 1.807) is 12.1 Å². The molecule has 86 valence electrons. The summed E-state index contributed by atoms with van der Waals surface area (Å²) in [7, 11) is 0. The number of aliphatic carboxylic acids is 1. The van der Waals surface area contributed by atoms with E-state index in [2.05, 4.69) is 5.32 Å². The minimum atomic E-state index is -1.33. The summed E-state index contributed by atoms with van der Waals surface area (Å²) in [5.74, 6) is -1.94. The molecule has 0 radical (unpaired) electrons. The number of hydrogen-bond acceptors (Lipinski definition) is 3. The SMILES string of the molecule is O=C(N[C@H](CO)C(=O)O)c1ccccc1Cl. The number of carboxylic acids is 1. The number of hydrogen-bond donors (Lipinski definition) is 3. The van der Waals surface area contributed by atoms with E-state index < -0.39 is 24.5 Å². The van der Waals surface area contributed by atoms with Crippen LogP contribution in [0.2, 0.25) is 5.02 Å². The van der Waals surface area contributed by atoms with E-state index in [0.29, 0.717) is 0 Å². The number of aliphatic hydroxyl groups is 1. The van der Waals surface area contributed by atoms with Gasteiger partial charge in [-0.05, 0) is 12.1 Å². The largest absolute Gasteiger partial charge is 0.480 e. The first-order chi connectivity index (χ1) is 7.56. The van der Waals surface area contributed by atoms with Crippen LogP contribution in [-0.4, -0.2) is 34.7 Å². The highest BCUT2D eigenvalue weighted by Crippen LogP contribution is 2.14. The van der Waals surface area contributed by atoms with Crippen molar-refractivity contribution < 1.29 is 19.8 Å². The molecule has 1 atom stereocenters. The van der Waals surface area contributed by atoms with Crippen LogP contribution in [0.1, 0.15) is 10.4 Å². The minimum Gasteiger partial charge on any atom is -0.480 e. The molecule has 0 aliphatic rings. The number of aliphatic hydroxyl groups excluding tert-OH is 1. The minimum absolute atomic E-state index is 0.170. The van der Waals surface area contributed by atoms with Crippen molar-refractivity contribution in [3.63, 3.8) is 0 Å². The Morgan fingerprint density at radius 3 is 2.50 bits per heavy atom. The van der Waals surface area contributed by atoms with Gasteiger partial charge >= 0.3 is 5.97 Å². The standard InChI is InChI=1S/C10H10ClNO4/c11-7-4-2-1-3-6(7)9(14)12-8(5-13)10(15)16/h1-4,8,13H,5H2,(H,12,14)(H,15,16)/t8-/m1/s1. The lowest BCUT2D eigenvalue weighted by Gasteiger charge is -2.12. The summed E-state index contributed by atoms with van der Waals surface area (Å²) >= 11 is 5.75. The van der Waals surface area contributed by atoms with Gasteiger partial charge in [-0.3, -0.25) is 4.79 Å². The molecule has 5 nitrogen and oxygen atoms in total. The molecule has 0 aliphatic carbocycles. The van der Waals surface area contributed by atoms with Gasteiger partial charge in [0.25, 0.3) is 5.91 Å². The lowest BCUT2D eigenvalue weighted by Crippen LogP contribution is -2.43. The van der Waals surface area contributed by atoms with Crippen LogP contribution in [-0.2, 0) is 4.79 Å². The van der Waals surface area contributed by atoms with Crippen LogP contribution in [0.4, 0.5) is 0 Å². The van der Waals surface area contributed by atoms with Crippen LogP contribution < -0.4 is 5.32 Å². The molecular weight excluding hydrogens is 234 g/mol. The molecule has 0 bridgehead atoms. The third kappa shape index (κ3) is 2.95. The maximum atomic E-state index is 11.6. The summed E-state index contributed by atoms with van der Waals surface area (Å²) in [4.78, 5) is 22.1. The molecule has 1 aromatic rings. The van der Waals surface area contributed by atoms with Crippen molar-refractivity contribution in [2.45, 2.75) is 6.04 Å². The smallest absolute Gasteiger partial charge is 0.328 e. The summed E-state index contributed by atoms with van der Waals surface area (Å²) in [6, 6.07) is 4.91. The van der Waals surface area contributed by atoms with Crippen LogP contribution in [0, 0.1) is 0 Å². The molecule has 3 N–H and O–H groups in total. The van der Waals surface area contributed by atoms with Crippen LogP contribution in [0.15, 0.2) is 24.3 Å². The number of carbonyl (C=O) groups is 2. The Hall–Kier alpha value is -1.59. The van der Waals surface area contributed by atoms with Gasteiger partial charge < -0.3 is 15.5 Å². The van der Waals surface area contributed by atoms with Crippen molar-refractivity contribution in [1.82, 2.24) is 5.32 Å². The van der Waals surface area contributed by atoms with Gasteiger partial charge in [0.2, 0.25) is 0 Å². The molecule has 0 saturated carbocycles. The maximum Gasteiger partial charge on any atom is 0.328 e. The molecule has 0 spiro atoms. The molecule has 16 heavy (non-hydrogen) atoms. The predicted molar refractivity (Wildman–Crippen MR) is 57.4 cm³/mol. The lowest BCUT2D eigenvalue weighted by molar-refractivity contribution is -0.140. The summed E-state index contributed by atoms with van der Waals surface area (Å²) in [5.41, 5.74) is 0.170. The molecule has 6 heteroatoms. The Balaban J connectivity index is 2.80. The third-order valence-corrected chi connectivity index (χ3v) is 2.23. The van der Waals surface area contributed by atoms with Crippen molar-refractivity contribution in [3.8, 4) is 0 Å². The van der Waals surface area contributed by atoms with E-state index >= 15 is 0 Å². The average molecular weight is 244 g/mol. The second-order valence-electron chi connectivity index (χ2n) is 3.03. The highest BCUT2D eigenvalue weighted by Gasteiger charge is 2.20. The zero-order chi connectivity index (χ0) is 12.1. The van der Waals surface area contributed by atoms with E-state index in [9.17, 15) is 9.59 Å². The monoisotopic (exact) mass is 243 g/mol. The van der Waals surface area contributed by atoms with Gasteiger partial charge in [0, 0.05) is 0 Å². The second kappa shape index (κ2) is 5.48. The Morgan fingerprint density at radius 1 is 1.38 bits per heavy atom. The van der Waals surface area contributed by atoms with Crippen molar-refractivity contribution >= 4 is 23.5 Å². The first-order valence-electron chi connectivity index (χ1n) is 4.45. The van der Waals surface area contributed by atoms with Gasteiger partial charge in [0.1, 0.15) is 0 Å². The molecule has 1 aromatic carbocycles. The lowest BCUT2D eigenvalue weighted by atomic mass is 10.2. The second-order valence-corrected chi connectivity index (χ2v) is 3.43. The summed E-state index contributed by atoms with van der Waals surface area (Å²) in [5, 5.41) is 19.7. The Kier molecular flexibility index (Phi) is 4.28. The number of carboxylic acid groups (broad SMARTS) is 1. The molecule has 0 heterocycles. The highest BCUT2D eigenvalue weighted by molar-refractivity contribution is 6.33. The first kappa shape index (κ1) is 12.5. The van der Waals surface area contributed by atoms with E-state index in [1.165, 1.54) is 12.1 Å². The van der Waals surface area contributed by atoms with Gasteiger partial charge in [-0.25, -0.2) is 4.79 Å². The molecule has 0 aliphatic heterocycles. The third-order valence-electron chi connectivity index (χ3n) is 1.90. The van der Waals surface area contributed by atoms with Crippen LogP contribution >= 0.6 is 11.6 Å². The molecule has 1 amide bonds. The molecule has 1 rings (SSSR count). The van der Waals surface area contributed by atoms with Crippen LogP contribution in [0.5, 0.6) is 0 Å². The number of rotatable bonds is 4. The van der Waals surface area contributed by atoms with Crippen molar-refractivity contribution in [3.05, 3.63) is 34.9 Å². The van der Waals surface area contributed by atoms with Gasteiger partial charge in [-0.15, -0.1) is 0 Å². The fourth-order valence-electron chi connectivity index (χ4n) is 1.07. The van der Waals surface area contributed by atoms with Gasteiger partial charge in [-0.2, -0.15) is 0 Å². The first-order valence-corrected chi connectivity index (χ1v) is 4.83. The molecule has 0 aromatic heterocycles. The summed E-state index contributed by atoms with van der Waals surface area (Å²) < 4.78 is 0. The van der Waals surface area contributed by atoms with Crippen molar-refractivity contribution in [2.75, 3.05) is 6.61 Å². The number of benzene rings is 1. The zero-order valence-electron chi connectivity index (χ0n) is 8.18. The Labute approximate surface area is 96.7 Å². The molecule has 0 unspecified atom stereocenters. The van der Waals surface area contributed by atoms with Crippen LogP contribution in [0.3, 0.4) is 0 Å². The zero-order valence-corrected chi connectivity index (χ0v) is 8.94. The van der Waals surface area contributed by atoms with Crippen LogP contribution in [0.25, 0.3) is 0 Å². The quantitative estimate of drug-likeness (QED) is 0.719. The normalized spacial score (nSPS) is 11.9. The average Bonchev–Trinajstić information content (AvgIpc) is 2.25. The van der Waals surface area contributed by atoms with Gasteiger partial charge in [0.05, 0.1) is 17.2 Å². The highest BCUT2D eigenvalue weighted by atomic mass is 35.5.